The van der Waals surface area contributed by atoms with Gasteiger partial charge in [0.1, 0.15) is 6.33 Å². The highest BCUT2D eigenvalue weighted by molar-refractivity contribution is 5.77. The molecule has 1 fully saturated rings. The van der Waals surface area contributed by atoms with E-state index in [1.807, 2.05) is 12.3 Å². The van der Waals surface area contributed by atoms with Crippen LogP contribution >= 0.6 is 0 Å². The number of hydrogen-bond donors (Lipinski definition) is 2. The SMILES string of the molecule is c1nc(C2CCCCN2)c2[nH]ccc2n1. The van der Waals surface area contributed by atoms with Crippen molar-refractivity contribution >= 4 is 11.0 Å². The molecule has 2 aromatic rings. The summed E-state index contributed by atoms with van der Waals surface area (Å²) in [6.45, 7) is 1.09. The summed E-state index contributed by atoms with van der Waals surface area (Å²) in [5.41, 5.74) is 3.20. The lowest BCUT2D eigenvalue weighted by molar-refractivity contribution is 0.407. The van der Waals surface area contributed by atoms with Gasteiger partial charge < -0.3 is 10.3 Å². The van der Waals surface area contributed by atoms with Crippen LogP contribution in [0, 0.1) is 0 Å². The number of piperidine rings is 1. The maximum Gasteiger partial charge on any atom is 0.116 e. The highest BCUT2D eigenvalue weighted by Gasteiger charge is 2.18. The molecule has 0 aromatic carbocycles. The topological polar surface area (TPSA) is 53.6 Å². The number of hydrogen-bond acceptors (Lipinski definition) is 3. The van der Waals surface area contributed by atoms with Gasteiger partial charge in [0, 0.05) is 6.20 Å². The molecule has 0 bridgehead atoms. The summed E-state index contributed by atoms with van der Waals surface area (Å²) in [4.78, 5) is 11.8. The minimum absolute atomic E-state index is 0.392. The second-order valence-electron chi connectivity index (χ2n) is 4.00. The first-order valence-corrected chi connectivity index (χ1v) is 5.46. The fraction of sp³-hybridized carbons (Fsp3) is 0.455. The average molecular weight is 202 g/mol. The zero-order valence-corrected chi connectivity index (χ0v) is 8.53. The summed E-state index contributed by atoms with van der Waals surface area (Å²) in [5.74, 6) is 0. The molecule has 0 spiro atoms. The summed E-state index contributed by atoms with van der Waals surface area (Å²) < 4.78 is 0. The van der Waals surface area contributed by atoms with E-state index in [4.69, 9.17) is 0 Å². The van der Waals surface area contributed by atoms with Crippen LogP contribution < -0.4 is 5.32 Å². The van der Waals surface area contributed by atoms with Crippen molar-refractivity contribution in [2.24, 2.45) is 0 Å². The van der Waals surface area contributed by atoms with Crippen LogP contribution in [0.5, 0.6) is 0 Å². The Hall–Kier alpha value is -1.42. The van der Waals surface area contributed by atoms with E-state index in [-0.39, 0.29) is 0 Å². The van der Waals surface area contributed by atoms with Crippen LogP contribution in [0.1, 0.15) is 31.0 Å². The van der Waals surface area contributed by atoms with Crippen molar-refractivity contribution < 1.29 is 0 Å². The Morgan fingerprint density at radius 2 is 2.27 bits per heavy atom. The summed E-state index contributed by atoms with van der Waals surface area (Å²) in [6.07, 6.45) is 7.30. The van der Waals surface area contributed by atoms with E-state index in [0.717, 1.165) is 23.3 Å². The number of nitrogens with one attached hydrogen (secondary N) is 2. The van der Waals surface area contributed by atoms with Crippen molar-refractivity contribution in [3.63, 3.8) is 0 Å². The van der Waals surface area contributed by atoms with Crippen molar-refractivity contribution in [3.05, 3.63) is 24.3 Å². The molecule has 0 aliphatic carbocycles. The standard InChI is InChI=1S/C11H14N4/c1-2-5-12-8(3-1)11-10-9(4-6-13-10)14-7-15-11/h4,6-8,12-13H,1-3,5H2. The minimum Gasteiger partial charge on any atom is -0.358 e. The van der Waals surface area contributed by atoms with Crippen molar-refractivity contribution in [1.29, 1.82) is 0 Å². The van der Waals surface area contributed by atoms with Crippen molar-refractivity contribution in [2.45, 2.75) is 25.3 Å². The number of aromatic nitrogens is 3. The average Bonchev–Trinajstić information content (AvgIpc) is 2.78. The highest BCUT2D eigenvalue weighted by atomic mass is 15.0. The molecule has 4 heteroatoms. The van der Waals surface area contributed by atoms with Crippen LogP contribution in [0.4, 0.5) is 0 Å². The molecule has 78 valence electrons. The van der Waals surface area contributed by atoms with E-state index in [1.54, 1.807) is 6.33 Å². The highest BCUT2D eigenvalue weighted by Crippen LogP contribution is 2.25. The molecule has 1 aliphatic rings. The maximum absolute atomic E-state index is 4.40. The van der Waals surface area contributed by atoms with E-state index >= 15 is 0 Å². The number of nitrogens with zero attached hydrogens (tertiary/aromatic N) is 2. The molecule has 2 N–H and O–H groups in total. The van der Waals surface area contributed by atoms with Gasteiger partial charge in [-0.05, 0) is 25.5 Å². The molecule has 3 heterocycles. The third kappa shape index (κ3) is 1.51. The molecule has 15 heavy (non-hydrogen) atoms. The van der Waals surface area contributed by atoms with Crippen LogP contribution in [-0.4, -0.2) is 21.5 Å². The number of aromatic amines is 1. The fourth-order valence-electron chi connectivity index (χ4n) is 2.24. The van der Waals surface area contributed by atoms with E-state index in [1.165, 1.54) is 19.3 Å². The molecular formula is C11H14N4. The molecule has 1 atom stereocenters. The van der Waals surface area contributed by atoms with Gasteiger partial charge in [0.05, 0.1) is 22.8 Å². The number of rotatable bonds is 1. The smallest absolute Gasteiger partial charge is 0.116 e. The second kappa shape index (κ2) is 3.62. The summed E-state index contributed by atoms with van der Waals surface area (Å²) >= 11 is 0. The molecule has 1 saturated heterocycles. The quantitative estimate of drug-likeness (QED) is 0.741. The predicted molar refractivity (Wildman–Crippen MR) is 58.5 cm³/mol. The zero-order valence-electron chi connectivity index (χ0n) is 8.53. The monoisotopic (exact) mass is 202 g/mol. The molecule has 0 amide bonds. The van der Waals surface area contributed by atoms with Gasteiger partial charge in [0.2, 0.25) is 0 Å². The Morgan fingerprint density at radius 1 is 1.27 bits per heavy atom. The van der Waals surface area contributed by atoms with Gasteiger partial charge in [-0.3, -0.25) is 0 Å². The van der Waals surface area contributed by atoms with E-state index in [9.17, 15) is 0 Å². The normalized spacial score (nSPS) is 22.0. The lowest BCUT2D eigenvalue weighted by Crippen LogP contribution is -2.27. The maximum atomic E-state index is 4.40. The van der Waals surface area contributed by atoms with Crippen LogP contribution in [0.25, 0.3) is 11.0 Å². The van der Waals surface area contributed by atoms with Gasteiger partial charge in [-0.25, -0.2) is 9.97 Å². The molecule has 0 saturated carbocycles. The second-order valence-corrected chi connectivity index (χ2v) is 4.00. The number of H-pyrrole nitrogens is 1. The van der Waals surface area contributed by atoms with Gasteiger partial charge in [-0.15, -0.1) is 0 Å². The Bertz CT molecular complexity index is 456. The van der Waals surface area contributed by atoms with Gasteiger partial charge in [-0.2, -0.15) is 0 Å². The molecule has 1 unspecified atom stereocenters. The van der Waals surface area contributed by atoms with E-state index < -0.39 is 0 Å². The minimum atomic E-state index is 0.392. The third-order valence-electron chi connectivity index (χ3n) is 3.02. The van der Waals surface area contributed by atoms with Crippen molar-refractivity contribution in [3.8, 4) is 0 Å². The van der Waals surface area contributed by atoms with Gasteiger partial charge in [0.15, 0.2) is 0 Å². The lowest BCUT2D eigenvalue weighted by Gasteiger charge is -2.23. The zero-order chi connectivity index (χ0) is 10.1. The van der Waals surface area contributed by atoms with Crippen LogP contribution in [0.2, 0.25) is 0 Å². The number of fused-ring (bicyclic) bond motifs is 1. The Balaban J connectivity index is 2.05. The first kappa shape index (κ1) is 8.85. The van der Waals surface area contributed by atoms with Gasteiger partial charge >= 0.3 is 0 Å². The van der Waals surface area contributed by atoms with E-state index in [2.05, 4.69) is 20.3 Å². The van der Waals surface area contributed by atoms with E-state index in [0.29, 0.717) is 6.04 Å². The molecule has 3 rings (SSSR count). The van der Waals surface area contributed by atoms with Crippen molar-refractivity contribution in [1.82, 2.24) is 20.3 Å². The summed E-state index contributed by atoms with van der Waals surface area (Å²) in [6, 6.07) is 2.38. The van der Waals surface area contributed by atoms with Gasteiger partial charge in [-0.1, -0.05) is 6.42 Å². The Morgan fingerprint density at radius 3 is 3.13 bits per heavy atom. The van der Waals surface area contributed by atoms with Crippen LogP contribution in [0.3, 0.4) is 0 Å². The molecule has 1 aliphatic heterocycles. The third-order valence-corrected chi connectivity index (χ3v) is 3.02. The lowest BCUT2D eigenvalue weighted by atomic mass is 10.0. The Labute approximate surface area is 88.1 Å². The molecular weight excluding hydrogens is 188 g/mol. The predicted octanol–water partition coefficient (Wildman–Crippen LogP) is 1.77. The first-order valence-electron chi connectivity index (χ1n) is 5.46. The molecule has 4 nitrogen and oxygen atoms in total. The fourth-order valence-corrected chi connectivity index (χ4v) is 2.24. The van der Waals surface area contributed by atoms with Crippen molar-refractivity contribution in [2.75, 3.05) is 6.54 Å². The van der Waals surface area contributed by atoms with Gasteiger partial charge in [0.25, 0.3) is 0 Å². The first-order chi connectivity index (χ1) is 7.45. The Kier molecular flexibility index (Phi) is 2.14. The van der Waals surface area contributed by atoms with Crippen LogP contribution in [0.15, 0.2) is 18.6 Å². The largest absolute Gasteiger partial charge is 0.358 e. The summed E-state index contributed by atoms with van der Waals surface area (Å²) in [5, 5.41) is 3.51. The molecule has 0 radical (unpaired) electrons. The summed E-state index contributed by atoms with van der Waals surface area (Å²) in [7, 11) is 0. The molecule has 2 aromatic heterocycles. The van der Waals surface area contributed by atoms with Crippen LogP contribution in [-0.2, 0) is 0 Å².